The summed E-state index contributed by atoms with van der Waals surface area (Å²) in [5, 5.41) is 0.0176. The molecule has 0 unspecified atom stereocenters. The van der Waals surface area contributed by atoms with Crippen LogP contribution in [0.1, 0.15) is 0 Å². The van der Waals surface area contributed by atoms with E-state index < -0.39 is 15.7 Å². The second-order valence-corrected chi connectivity index (χ2v) is 5.90. The highest BCUT2D eigenvalue weighted by atomic mass is 35.5. The van der Waals surface area contributed by atoms with Gasteiger partial charge in [0.2, 0.25) is 0 Å². The summed E-state index contributed by atoms with van der Waals surface area (Å²) in [6.45, 7) is 0. The average Bonchev–Trinajstić information content (AvgIpc) is 2.28. The van der Waals surface area contributed by atoms with Crippen LogP contribution in [0.4, 0.5) is 4.39 Å². The Morgan fingerprint density at radius 3 is 2.28 bits per heavy atom. The van der Waals surface area contributed by atoms with Crippen molar-refractivity contribution < 1.29 is 12.8 Å². The van der Waals surface area contributed by atoms with E-state index in [2.05, 4.69) is 15.0 Å². The lowest BCUT2D eigenvalue weighted by atomic mass is 10.2. The van der Waals surface area contributed by atoms with Gasteiger partial charge in [-0.2, -0.15) is 0 Å². The molecule has 2 aromatic heterocycles. The van der Waals surface area contributed by atoms with Crippen LogP contribution in [0.3, 0.4) is 0 Å². The second-order valence-electron chi connectivity index (χ2n) is 3.50. The predicted molar refractivity (Wildman–Crippen MR) is 63.3 cm³/mol. The van der Waals surface area contributed by atoms with Gasteiger partial charge in [-0.1, -0.05) is 11.6 Å². The van der Waals surface area contributed by atoms with Crippen molar-refractivity contribution in [1.29, 1.82) is 0 Å². The van der Waals surface area contributed by atoms with Crippen molar-refractivity contribution in [3.8, 4) is 11.4 Å². The standard InChI is InChI=1S/C10H7ClFN3O2S/c1-18(16,17)6-3-14-10(15-4-6)7-5-13-9(11)2-8(7)12/h2-5H,1H3. The third kappa shape index (κ3) is 2.62. The normalized spacial score (nSPS) is 11.5. The molecule has 8 heteroatoms. The molecule has 0 aromatic carbocycles. The molecular formula is C10H7ClFN3O2S. The zero-order valence-corrected chi connectivity index (χ0v) is 10.7. The van der Waals surface area contributed by atoms with E-state index in [0.717, 1.165) is 24.7 Å². The van der Waals surface area contributed by atoms with Gasteiger partial charge in [0, 0.05) is 30.9 Å². The Morgan fingerprint density at radius 1 is 1.17 bits per heavy atom. The van der Waals surface area contributed by atoms with Crippen molar-refractivity contribution in [2.45, 2.75) is 4.90 Å². The first kappa shape index (κ1) is 12.8. The van der Waals surface area contributed by atoms with Crippen LogP contribution >= 0.6 is 11.6 Å². The van der Waals surface area contributed by atoms with Gasteiger partial charge in [-0.3, -0.25) is 0 Å². The third-order valence-electron chi connectivity index (χ3n) is 2.12. The Bertz CT molecular complexity index is 689. The first-order chi connectivity index (χ1) is 8.38. The van der Waals surface area contributed by atoms with E-state index in [1.54, 1.807) is 0 Å². The number of sulfone groups is 1. The molecular weight excluding hydrogens is 281 g/mol. The molecule has 2 aromatic rings. The lowest BCUT2D eigenvalue weighted by molar-refractivity contribution is 0.601. The number of nitrogens with zero attached hydrogens (tertiary/aromatic N) is 3. The van der Waals surface area contributed by atoms with Crippen molar-refractivity contribution >= 4 is 21.4 Å². The van der Waals surface area contributed by atoms with Crippen LogP contribution < -0.4 is 0 Å². The average molecular weight is 288 g/mol. The van der Waals surface area contributed by atoms with Gasteiger partial charge in [-0.15, -0.1) is 0 Å². The lowest BCUT2D eigenvalue weighted by Gasteiger charge is -2.02. The van der Waals surface area contributed by atoms with E-state index >= 15 is 0 Å². The smallest absolute Gasteiger partial charge is 0.178 e. The monoisotopic (exact) mass is 287 g/mol. The van der Waals surface area contributed by atoms with Gasteiger partial charge in [0.1, 0.15) is 15.9 Å². The fourth-order valence-corrected chi connectivity index (χ4v) is 1.85. The Morgan fingerprint density at radius 2 is 1.78 bits per heavy atom. The summed E-state index contributed by atoms with van der Waals surface area (Å²) in [4.78, 5) is 11.3. The molecule has 2 heterocycles. The van der Waals surface area contributed by atoms with Gasteiger partial charge >= 0.3 is 0 Å². The van der Waals surface area contributed by atoms with Crippen LogP contribution in [0, 0.1) is 5.82 Å². The molecule has 0 aliphatic carbocycles. The minimum absolute atomic E-state index is 0.0176. The SMILES string of the molecule is CS(=O)(=O)c1cnc(-c2cnc(Cl)cc2F)nc1. The minimum Gasteiger partial charge on any atom is -0.244 e. The molecule has 0 saturated heterocycles. The van der Waals surface area contributed by atoms with E-state index in [1.807, 2.05) is 0 Å². The summed E-state index contributed by atoms with van der Waals surface area (Å²) in [6, 6.07) is 1.03. The summed E-state index contributed by atoms with van der Waals surface area (Å²) in [6.07, 6.45) is 4.46. The van der Waals surface area contributed by atoms with Gasteiger partial charge in [0.05, 0.1) is 5.56 Å². The van der Waals surface area contributed by atoms with Gasteiger partial charge in [0.15, 0.2) is 15.7 Å². The first-order valence-corrected chi connectivity index (χ1v) is 6.98. The van der Waals surface area contributed by atoms with Crippen molar-refractivity contribution in [2.75, 3.05) is 6.26 Å². The molecule has 0 amide bonds. The molecule has 0 aliphatic rings. The highest BCUT2D eigenvalue weighted by Gasteiger charge is 2.12. The van der Waals surface area contributed by atoms with Crippen LogP contribution in [0.2, 0.25) is 5.15 Å². The number of pyridine rings is 1. The van der Waals surface area contributed by atoms with Crippen LogP contribution in [-0.2, 0) is 9.84 Å². The number of hydrogen-bond donors (Lipinski definition) is 0. The molecule has 94 valence electrons. The molecule has 5 nitrogen and oxygen atoms in total. The van der Waals surface area contributed by atoms with Gasteiger partial charge in [-0.25, -0.2) is 27.8 Å². The molecule has 0 N–H and O–H groups in total. The molecule has 2 rings (SSSR count). The fourth-order valence-electron chi connectivity index (χ4n) is 1.22. The van der Waals surface area contributed by atoms with E-state index in [1.165, 1.54) is 6.20 Å². The molecule has 0 radical (unpaired) electrons. The summed E-state index contributed by atoms with van der Waals surface area (Å²) in [7, 11) is -3.37. The molecule has 18 heavy (non-hydrogen) atoms. The number of halogens is 2. The van der Waals surface area contributed by atoms with Gasteiger partial charge in [-0.05, 0) is 0 Å². The van der Waals surface area contributed by atoms with Crippen molar-refractivity contribution in [3.05, 3.63) is 35.6 Å². The fraction of sp³-hybridized carbons (Fsp3) is 0.100. The van der Waals surface area contributed by atoms with E-state index in [4.69, 9.17) is 11.6 Å². The molecule has 0 atom stereocenters. The summed E-state index contributed by atoms with van der Waals surface area (Å²) in [5.74, 6) is -0.578. The number of rotatable bonds is 2. The largest absolute Gasteiger partial charge is 0.244 e. The maximum absolute atomic E-state index is 13.5. The Kier molecular flexibility index (Phi) is 3.27. The Labute approximate surface area is 108 Å². The van der Waals surface area contributed by atoms with Crippen LogP contribution in [0.15, 0.2) is 29.6 Å². The van der Waals surface area contributed by atoms with E-state index in [9.17, 15) is 12.8 Å². The van der Waals surface area contributed by atoms with Gasteiger partial charge in [0.25, 0.3) is 0 Å². The lowest BCUT2D eigenvalue weighted by Crippen LogP contribution is -2.00. The topological polar surface area (TPSA) is 72.8 Å². The van der Waals surface area contributed by atoms with E-state index in [0.29, 0.717) is 0 Å². The molecule has 0 bridgehead atoms. The summed E-state index contributed by atoms with van der Waals surface area (Å²) < 4.78 is 36.0. The van der Waals surface area contributed by atoms with Crippen molar-refractivity contribution in [3.63, 3.8) is 0 Å². The highest BCUT2D eigenvalue weighted by molar-refractivity contribution is 7.90. The van der Waals surface area contributed by atoms with Crippen molar-refractivity contribution in [1.82, 2.24) is 15.0 Å². The first-order valence-electron chi connectivity index (χ1n) is 4.71. The quantitative estimate of drug-likeness (QED) is 0.787. The number of aromatic nitrogens is 3. The Balaban J connectivity index is 2.47. The Hall–Kier alpha value is -1.60. The molecule has 0 fully saturated rings. The minimum atomic E-state index is -3.37. The number of hydrogen-bond acceptors (Lipinski definition) is 5. The predicted octanol–water partition coefficient (Wildman–Crippen LogP) is 1.73. The van der Waals surface area contributed by atoms with E-state index in [-0.39, 0.29) is 21.4 Å². The summed E-state index contributed by atoms with van der Waals surface area (Å²) >= 11 is 5.52. The third-order valence-corrected chi connectivity index (χ3v) is 3.39. The zero-order valence-electron chi connectivity index (χ0n) is 9.13. The maximum Gasteiger partial charge on any atom is 0.178 e. The van der Waals surface area contributed by atoms with Crippen LogP contribution in [-0.4, -0.2) is 29.6 Å². The summed E-state index contributed by atoms with van der Waals surface area (Å²) in [5.41, 5.74) is 0.0550. The van der Waals surface area contributed by atoms with Crippen LogP contribution in [0.5, 0.6) is 0 Å². The van der Waals surface area contributed by atoms with Crippen molar-refractivity contribution in [2.24, 2.45) is 0 Å². The van der Waals surface area contributed by atoms with Gasteiger partial charge < -0.3 is 0 Å². The molecule has 0 aliphatic heterocycles. The molecule has 0 spiro atoms. The second kappa shape index (κ2) is 4.58. The van der Waals surface area contributed by atoms with Crippen LogP contribution in [0.25, 0.3) is 11.4 Å². The maximum atomic E-state index is 13.5. The molecule has 0 saturated carbocycles. The zero-order chi connectivity index (χ0) is 13.3. The highest BCUT2D eigenvalue weighted by Crippen LogP contribution is 2.20.